The van der Waals surface area contributed by atoms with Gasteiger partial charge in [0, 0.05) is 36.7 Å². The summed E-state index contributed by atoms with van der Waals surface area (Å²) in [5, 5.41) is 3.41. The number of nitrogen functional groups attached to an aromatic ring is 1. The molecule has 1 aliphatic heterocycles. The van der Waals surface area contributed by atoms with Gasteiger partial charge in [0.25, 0.3) is 5.91 Å². The van der Waals surface area contributed by atoms with Gasteiger partial charge in [0.1, 0.15) is 28.7 Å². The molecule has 8 heteroatoms. The van der Waals surface area contributed by atoms with E-state index in [-0.39, 0.29) is 18.0 Å². The molecular weight excluding hydrogens is 438 g/mol. The summed E-state index contributed by atoms with van der Waals surface area (Å²) in [6, 6.07) is 14.0. The summed E-state index contributed by atoms with van der Waals surface area (Å²) >= 11 is 0. The van der Waals surface area contributed by atoms with Crippen LogP contribution in [0.2, 0.25) is 0 Å². The Bertz CT molecular complexity index is 1420. The minimum atomic E-state index is -0.172. The number of imidazole rings is 1. The summed E-state index contributed by atoms with van der Waals surface area (Å²) in [5.74, 6) is 7.23. The molecule has 5 rings (SSSR count). The molecule has 0 radical (unpaired) electrons. The number of carbonyl (C=O) groups excluding carboxylic acids is 1. The highest BCUT2D eigenvalue weighted by Crippen LogP contribution is 2.36. The molecular formula is C27H27N7O. The lowest BCUT2D eigenvalue weighted by molar-refractivity contribution is -0.126. The van der Waals surface area contributed by atoms with Crippen molar-refractivity contribution >= 4 is 23.1 Å². The van der Waals surface area contributed by atoms with E-state index in [1.807, 2.05) is 40.9 Å². The summed E-state index contributed by atoms with van der Waals surface area (Å²) in [6.45, 7) is 4.44. The van der Waals surface area contributed by atoms with E-state index < -0.39 is 0 Å². The van der Waals surface area contributed by atoms with Gasteiger partial charge in [-0.3, -0.25) is 9.20 Å². The van der Waals surface area contributed by atoms with E-state index in [0.29, 0.717) is 12.4 Å². The van der Waals surface area contributed by atoms with Crippen molar-refractivity contribution in [3.8, 4) is 23.1 Å². The fourth-order valence-electron chi connectivity index (χ4n) is 4.66. The number of pyridine rings is 1. The van der Waals surface area contributed by atoms with Crippen molar-refractivity contribution in [2.45, 2.75) is 38.8 Å². The third-order valence-corrected chi connectivity index (χ3v) is 6.37. The highest BCUT2D eigenvalue weighted by molar-refractivity contribution is 5.94. The first-order chi connectivity index (χ1) is 17.1. The van der Waals surface area contributed by atoms with Gasteiger partial charge in [-0.05, 0) is 50.3 Å². The number of benzene rings is 1. The van der Waals surface area contributed by atoms with Crippen LogP contribution in [0.25, 0.3) is 16.8 Å². The molecule has 176 valence electrons. The molecule has 0 saturated carbocycles. The van der Waals surface area contributed by atoms with Gasteiger partial charge in [-0.15, -0.1) is 0 Å². The molecule has 4 aromatic rings. The van der Waals surface area contributed by atoms with E-state index >= 15 is 0 Å². The van der Waals surface area contributed by atoms with Crippen molar-refractivity contribution in [1.29, 1.82) is 0 Å². The van der Waals surface area contributed by atoms with Gasteiger partial charge in [0.15, 0.2) is 0 Å². The fourth-order valence-corrected chi connectivity index (χ4v) is 4.66. The van der Waals surface area contributed by atoms with Crippen LogP contribution in [0.4, 0.5) is 11.6 Å². The van der Waals surface area contributed by atoms with E-state index in [2.05, 4.69) is 46.2 Å². The second-order valence-corrected chi connectivity index (χ2v) is 8.58. The predicted octanol–water partition coefficient (Wildman–Crippen LogP) is 4.23. The molecule has 0 aliphatic carbocycles. The minimum Gasteiger partial charge on any atom is -0.382 e. The Labute approximate surface area is 204 Å². The first-order valence-electron chi connectivity index (χ1n) is 11.7. The first-order valence-corrected chi connectivity index (χ1v) is 11.7. The lowest BCUT2D eigenvalue weighted by atomic mass is 10.0. The van der Waals surface area contributed by atoms with Crippen molar-refractivity contribution in [2.24, 2.45) is 0 Å². The van der Waals surface area contributed by atoms with Gasteiger partial charge in [-0.25, -0.2) is 15.0 Å². The van der Waals surface area contributed by atoms with Gasteiger partial charge >= 0.3 is 0 Å². The average molecular weight is 466 g/mol. The number of amides is 1. The molecule has 1 unspecified atom stereocenters. The number of nitrogens with zero attached hydrogens (tertiary/aromatic N) is 5. The molecule has 1 saturated heterocycles. The fraction of sp³-hybridized carbons (Fsp3) is 0.259. The Morgan fingerprint density at radius 2 is 2.00 bits per heavy atom. The molecule has 8 nitrogen and oxygen atoms in total. The van der Waals surface area contributed by atoms with Gasteiger partial charge in [-0.1, -0.05) is 36.3 Å². The Kier molecular flexibility index (Phi) is 6.06. The van der Waals surface area contributed by atoms with Gasteiger partial charge in [0.05, 0.1) is 6.04 Å². The standard InChI is InChI=1S/C27H27N7O/c1-3-7-23(35)33-16-6-8-21(33)27-32-24(25-26(28)30-15-17-34(25)27)20-12-10-19(11-13-20)18(2)31-22-9-4-5-14-29-22/h4-5,9-15,17-18,21H,6,8,16H2,1-2H3,(H2,28,30)(H,29,31)/t18?,21-/m0/s1. The maximum Gasteiger partial charge on any atom is 0.299 e. The summed E-state index contributed by atoms with van der Waals surface area (Å²) in [5.41, 5.74) is 9.88. The predicted molar refractivity (Wildman–Crippen MR) is 136 cm³/mol. The molecule has 2 atom stereocenters. The van der Waals surface area contributed by atoms with E-state index in [1.54, 1.807) is 24.2 Å². The number of hydrogen-bond acceptors (Lipinski definition) is 6. The Morgan fingerprint density at radius 1 is 1.17 bits per heavy atom. The number of carbonyl (C=O) groups is 1. The minimum absolute atomic E-state index is 0.0812. The topological polar surface area (TPSA) is 101 Å². The quantitative estimate of drug-likeness (QED) is 0.428. The van der Waals surface area contributed by atoms with Gasteiger partial charge in [0.2, 0.25) is 0 Å². The third kappa shape index (κ3) is 4.28. The smallest absolute Gasteiger partial charge is 0.299 e. The number of nitrogens with two attached hydrogens (primary N) is 1. The van der Waals surface area contributed by atoms with E-state index in [0.717, 1.165) is 46.8 Å². The monoisotopic (exact) mass is 465 g/mol. The van der Waals surface area contributed by atoms with E-state index in [4.69, 9.17) is 10.7 Å². The average Bonchev–Trinajstić information content (AvgIpc) is 3.51. The van der Waals surface area contributed by atoms with Gasteiger partial charge < -0.3 is 16.0 Å². The normalized spacial score (nSPS) is 16.1. The lowest BCUT2D eigenvalue weighted by Gasteiger charge is -2.21. The summed E-state index contributed by atoms with van der Waals surface area (Å²) in [7, 11) is 0. The molecule has 1 aliphatic rings. The van der Waals surface area contributed by atoms with Crippen molar-refractivity contribution in [3.05, 3.63) is 72.4 Å². The van der Waals surface area contributed by atoms with Crippen LogP contribution in [0.3, 0.4) is 0 Å². The molecule has 0 bridgehead atoms. The Morgan fingerprint density at radius 3 is 2.74 bits per heavy atom. The van der Waals surface area contributed by atoms with Gasteiger partial charge in [-0.2, -0.15) is 0 Å². The molecule has 1 aromatic carbocycles. The highest BCUT2D eigenvalue weighted by Gasteiger charge is 2.33. The first kappa shape index (κ1) is 22.4. The second-order valence-electron chi connectivity index (χ2n) is 8.58. The van der Waals surface area contributed by atoms with E-state index in [9.17, 15) is 4.79 Å². The Balaban J connectivity index is 1.50. The molecule has 0 spiro atoms. The maximum absolute atomic E-state index is 12.6. The number of likely N-dealkylation sites (tertiary alicyclic amines) is 1. The zero-order valence-corrected chi connectivity index (χ0v) is 19.8. The Hall–Kier alpha value is -4.38. The SMILES string of the molecule is CC#CC(=O)N1CCC[C@H]1c1nc(-c2ccc(C(C)Nc3ccccn3)cc2)c2c(N)nccn12. The number of fused-ring (bicyclic) bond motifs is 1. The lowest BCUT2D eigenvalue weighted by Crippen LogP contribution is -2.30. The zero-order chi connectivity index (χ0) is 24.4. The van der Waals surface area contributed by atoms with Crippen molar-refractivity contribution in [3.63, 3.8) is 0 Å². The number of aromatic nitrogens is 4. The number of hydrogen-bond donors (Lipinski definition) is 2. The van der Waals surface area contributed by atoms with Crippen LogP contribution in [0, 0.1) is 11.8 Å². The van der Waals surface area contributed by atoms with Crippen LogP contribution in [-0.2, 0) is 4.79 Å². The number of anilines is 2. The third-order valence-electron chi connectivity index (χ3n) is 6.37. The largest absolute Gasteiger partial charge is 0.382 e. The number of nitrogens with one attached hydrogen (secondary N) is 1. The summed E-state index contributed by atoms with van der Waals surface area (Å²) in [6.07, 6.45) is 7.03. The van der Waals surface area contributed by atoms with Crippen LogP contribution in [0.5, 0.6) is 0 Å². The molecule has 3 N–H and O–H groups in total. The highest BCUT2D eigenvalue weighted by atomic mass is 16.2. The van der Waals surface area contributed by atoms with Crippen LogP contribution in [-0.4, -0.2) is 36.7 Å². The molecule has 1 amide bonds. The zero-order valence-electron chi connectivity index (χ0n) is 19.8. The molecule has 4 heterocycles. The van der Waals surface area contributed by atoms with Crippen molar-refractivity contribution in [1.82, 2.24) is 24.3 Å². The van der Waals surface area contributed by atoms with E-state index in [1.165, 1.54) is 0 Å². The number of rotatable bonds is 5. The summed E-state index contributed by atoms with van der Waals surface area (Å²) < 4.78 is 1.96. The van der Waals surface area contributed by atoms with Crippen LogP contribution < -0.4 is 11.1 Å². The molecule has 1 fully saturated rings. The van der Waals surface area contributed by atoms with Crippen LogP contribution >= 0.6 is 0 Å². The summed E-state index contributed by atoms with van der Waals surface area (Å²) in [4.78, 5) is 28.1. The van der Waals surface area contributed by atoms with Crippen molar-refractivity contribution in [2.75, 3.05) is 17.6 Å². The maximum atomic E-state index is 12.6. The van der Waals surface area contributed by atoms with Crippen molar-refractivity contribution < 1.29 is 4.79 Å². The van der Waals surface area contributed by atoms with Crippen LogP contribution in [0.1, 0.15) is 50.2 Å². The second kappa shape index (κ2) is 9.47. The molecule has 35 heavy (non-hydrogen) atoms. The van der Waals surface area contributed by atoms with Crippen LogP contribution in [0.15, 0.2) is 61.1 Å². The molecule has 3 aromatic heterocycles.